The molecule has 2 aromatic carbocycles. The molecule has 0 aliphatic rings. The molecule has 0 spiro atoms. The largest absolute Gasteiger partial charge is 0.416 e. The number of hydrogen-bond acceptors (Lipinski definition) is 3. The SMILES string of the molecule is CS(=O)(=O)Nc1cccc2c(C(CCC#N)c3ccc(C(F)(F)F)cc3)c[nH]c12. The van der Waals surface area contributed by atoms with E-state index in [4.69, 9.17) is 5.26 Å². The molecule has 29 heavy (non-hydrogen) atoms. The van der Waals surface area contributed by atoms with Crippen LogP contribution >= 0.6 is 0 Å². The van der Waals surface area contributed by atoms with Gasteiger partial charge in [-0.05, 0) is 35.7 Å². The Labute approximate surface area is 166 Å². The molecule has 0 fully saturated rings. The van der Waals surface area contributed by atoms with Crippen LogP contribution < -0.4 is 4.72 Å². The number of nitriles is 1. The highest BCUT2D eigenvalue weighted by molar-refractivity contribution is 7.92. The molecule has 1 aromatic heterocycles. The molecular weight excluding hydrogens is 403 g/mol. The summed E-state index contributed by atoms with van der Waals surface area (Å²) in [6.45, 7) is 0. The number of aromatic amines is 1. The number of halogens is 3. The summed E-state index contributed by atoms with van der Waals surface area (Å²) in [5.41, 5.74) is 1.64. The van der Waals surface area contributed by atoms with E-state index in [0.29, 0.717) is 23.2 Å². The molecule has 2 N–H and O–H groups in total. The topological polar surface area (TPSA) is 85.8 Å². The number of anilines is 1. The van der Waals surface area contributed by atoms with Crippen molar-refractivity contribution >= 4 is 26.6 Å². The third kappa shape index (κ3) is 4.71. The number of benzene rings is 2. The summed E-state index contributed by atoms with van der Waals surface area (Å²) in [6, 6.07) is 12.1. The molecule has 9 heteroatoms. The highest BCUT2D eigenvalue weighted by Crippen LogP contribution is 2.37. The number of nitrogens with one attached hydrogen (secondary N) is 2. The maximum Gasteiger partial charge on any atom is 0.416 e. The van der Waals surface area contributed by atoms with Crippen LogP contribution in [0.1, 0.15) is 35.4 Å². The predicted octanol–water partition coefficient (Wildman–Crippen LogP) is 4.99. The van der Waals surface area contributed by atoms with Gasteiger partial charge in [0.05, 0.1) is 29.1 Å². The molecule has 0 aliphatic heterocycles. The minimum absolute atomic E-state index is 0.222. The van der Waals surface area contributed by atoms with Gasteiger partial charge in [0.2, 0.25) is 10.0 Å². The molecule has 1 atom stereocenters. The summed E-state index contributed by atoms with van der Waals surface area (Å²) in [5, 5.41) is 9.75. The zero-order valence-electron chi connectivity index (χ0n) is 15.4. The summed E-state index contributed by atoms with van der Waals surface area (Å²) < 4.78 is 64.3. The van der Waals surface area contributed by atoms with E-state index in [1.165, 1.54) is 12.1 Å². The minimum Gasteiger partial charge on any atom is -0.359 e. The fourth-order valence-electron chi connectivity index (χ4n) is 3.36. The zero-order chi connectivity index (χ0) is 21.2. The number of hydrogen-bond donors (Lipinski definition) is 2. The van der Waals surface area contributed by atoms with Gasteiger partial charge in [-0.25, -0.2) is 8.42 Å². The van der Waals surface area contributed by atoms with Gasteiger partial charge in [0, 0.05) is 23.9 Å². The first-order chi connectivity index (χ1) is 13.6. The first kappa shape index (κ1) is 20.7. The molecule has 0 saturated carbocycles. The lowest BCUT2D eigenvalue weighted by Crippen LogP contribution is -2.09. The van der Waals surface area contributed by atoms with Crippen molar-refractivity contribution < 1.29 is 21.6 Å². The number of alkyl halides is 3. The van der Waals surface area contributed by atoms with Crippen molar-refractivity contribution in [3.05, 3.63) is 65.4 Å². The van der Waals surface area contributed by atoms with Gasteiger partial charge in [-0.3, -0.25) is 4.72 Å². The first-order valence-corrected chi connectivity index (χ1v) is 10.6. The lowest BCUT2D eigenvalue weighted by Gasteiger charge is -2.17. The van der Waals surface area contributed by atoms with E-state index in [-0.39, 0.29) is 12.3 Å². The maximum absolute atomic E-state index is 12.9. The number of nitrogens with zero attached hydrogens (tertiary/aromatic N) is 1. The molecule has 3 rings (SSSR count). The Hall–Kier alpha value is -2.99. The van der Waals surface area contributed by atoms with E-state index in [9.17, 15) is 21.6 Å². The van der Waals surface area contributed by atoms with Crippen LogP contribution in [0.15, 0.2) is 48.7 Å². The lowest BCUT2D eigenvalue weighted by atomic mass is 9.87. The van der Waals surface area contributed by atoms with Gasteiger partial charge in [0.1, 0.15) is 0 Å². The van der Waals surface area contributed by atoms with E-state index in [2.05, 4.69) is 15.8 Å². The van der Waals surface area contributed by atoms with Gasteiger partial charge in [-0.15, -0.1) is 0 Å². The normalized spacial score (nSPS) is 13.2. The van der Waals surface area contributed by atoms with Crippen molar-refractivity contribution in [1.29, 1.82) is 5.26 Å². The first-order valence-electron chi connectivity index (χ1n) is 8.72. The van der Waals surface area contributed by atoms with E-state index in [1.807, 2.05) is 0 Å². The van der Waals surface area contributed by atoms with Gasteiger partial charge in [0.25, 0.3) is 0 Å². The van der Waals surface area contributed by atoms with Crippen molar-refractivity contribution in [2.75, 3.05) is 11.0 Å². The minimum atomic E-state index is -4.42. The molecule has 1 unspecified atom stereocenters. The third-order valence-electron chi connectivity index (χ3n) is 4.60. The van der Waals surface area contributed by atoms with E-state index >= 15 is 0 Å². The molecule has 0 saturated heterocycles. The van der Waals surface area contributed by atoms with Crippen LogP contribution in [-0.2, 0) is 16.2 Å². The van der Waals surface area contributed by atoms with Gasteiger partial charge < -0.3 is 4.98 Å². The predicted molar refractivity (Wildman–Crippen MR) is 105 cm³/mol. The van der Waals surface area contributed by atoms with Gasteiger partial charge in [-0.2, -0.15) is 18.4 Å². The number of sulfonamides is 1. The Morgan fingerprint density at radius 2 is 1.86 bits per heavy atom. The highest BCUT2D eigenvalue weighted by atomic mass is 32.2. The fourth-order valence-corrected chi connectivity index (χ4v) is 3.93. The molecular formula is C20H18F3N3O2S. The molecule has 5 nitrogen and oxygen atoms in total. The van der Waals surface area contributed by atoms with Crippen LogP contribution in [0.5, 0.6) is 0 Å². The second-order valence-corrected chi connectivity index (χ2v) is 8.46. The molecule has 0 bridgehead atoms. The molecule has 0 radical (unpaired) electrons. The van der Waals surface area contributed by atoms with Crippen LogP contribution in [0.25, 0.3) is 10.9 Å². The molecule has 3 aromatic rings. The fraction of sp³-hybridized carbons (Fsp3) is 0.250. The van der Waals surface area contributed by atoms with Crippen LogP contribution in [-0.4, -0.2) is 19.7 Å². The molecule has 0 aliphatic carbocycles. The lowest BCUT2D eigenvalue weighted by molar-refractivity contribution is -0.137. The summed E-state index contributed by atoms with van der Waals surface area (Å²) in [6.07, 6.45) is -1.03. The monoisotopic (exact) mass is 421 g/mol. The van der Waals surface area contributed by atoms with E-state index < -0.39 is 21.8 Å². The Morgan fingerprint density at radius 3 is 2.45 bits per heavy atom. The van der Waals surface area contributed by atoms with Crippen molar-refractivity contribution in [2.24, 2.45) is 0 Å². The summed E-state index contributed by atoms with van der Waals surface area (Å²) >= 11 is 0. The van der Waals surface area contributed by atoms with Crippen molar-refractivity contribution in [2.45, 2.75) is 24.9 Å². The number of rotatable bonds is 6. The molecule has 152 valence electrons. The number of aromatic nitrogens is 1. The van der Waals surface area contributed by atoms with Crippen molar-refractivity contribution in [3.8, 4) is 6.07 Å². The van der Waals surface area contributed by atoms with Crippen LogP contribution in [0.2, 0.25) is 0 Å². The maximum atomic E-state index is 12.9. The summed E-state index contributed by atoms with van der Waals surface area (Å²) in [4.78, 5) is 3.05. The van der Waals surface area contributed by atoms with Crippen LogP contribution in [0, 0.1) is 11.3 Å². The zero-order valence-corrected chi connectivity index (χ0v) is 16.2. The van der Waals surface area contributed by atoms with Gasteiger partial charge in [-0.1, -0.05) is 24.3 Å². The van der Waals surface area contributed by atoms with Crippen LogP contribution in [0.3, 0.4) is 0 Å². The second kappa shape index (κ2) is 7.79. The Morgan fingerprint density at radius 1 is 1.17 bits per heavy atom. The number of fused-ring (bicyclic) bond motifs is 1. The second-order valence-electron chi connectivity index (χ2n) is 6.72. The standard InChI is InChI=1S/C20H18F3N3O2S/c1-29(27,28)26-18-6-2-4-16-17(12-25-19(16)18)15(5-3-11-24)13-7-9-14(10-8-13)20(21,22)23/h2,4,6-10,12,15,25-26H,3,5H2,1H3. The average molecular weight is 421 g/mol. The quantitative estimate of drug-likeness (QED) is 0.588. The molecule has 0 amide bonds. The summed E-state index contributed by atoms with van der Waals surface area (Å²) in [7, 11) is -3.48. The van der Waals surface area contributed by atoms with Gasteiger partial charge >= 0.3 is 6.18 Å². The molecule has 1 heterocycles. The summed E-state index contributed by atoms with van der Waals surface area (Å²) in [5.74, 6) is -0.320. The van der Waals surface area contributed by atoms with Crippen LogP contribution in [0.4, 0.5) is 18.9 Å². The van der Waals surface area contributed by atoms with E-state index in [1.54, 1.807) is 24.4 Å². The Kier molecular flexibility index (Phi) is 5.57. The number of para-hydroxylation sites is 1. The Balaban J connectivity index is 2.07. The van der Waals surface area contributed by atoms with Gasteiger partial charge in [0.15, 0.2) is 0 Å². The van der Waals surface area contributed by atoms with Crippen molar-refractivity contribution in [3.63, 3.8) is 0 Å². The van der Waals surface area contributed by atoms with Crippen molar-refractivity contribution in [1.82, 2.24) is 4.98 Å². The smallest absolute Gasteiger partial charge is 0.359 e. The number of H-pyrrole nitrogens is 1. The third-order valence-corrected chi connectivity index (χ3v) is 5.19. The van der Waals surface area contributed by atoms with E-state index in [0.717, 1.165) is 29.3 Å². The Bertz CT molecular complexity index is 1160. The average Bonchev–Trinajstić information content (AvgIpc) is 3.06. The highest BCUT2D eigenvalue weighted by Gasteiger charge is 2.30.